The molecule has 1 saturated heterocycles. The molecule has 1 heterocycles. The van der Waals surface area contributed by atoms with Gasteiger partial charge in [-0.1, -0.05) is 45.0 Å². The van der Waals surface area contributed by atoms with E-state index in [9.17, 15) is 14.4 Å². The monoisotopic (exact) mass is 436 g/mol. The molecule has 2 aromatic rings. The zero-order valence-electron chi connectivity index (χ0n) is 19.2. The van der Waals surface area contributed by atoms with E-state index >= 15 is 0 Å². The summed E-state index contributed by atoms with van der Waals surface area (Å²) in [7, 11) is 1.72. The van der Waals surface area contributed by atoms with E-state index in [0.717, 1.165) is 18.5 Å². The molecule has 0 saturated carbocycles. The second-order valence-corrected chi connectivity index (χ2v) is 9.20. The van der Waals surface area contributed by atoms with Crippen molar-refractivity contribution in [3.05, 3.63) is 60.2 Å². The summed E-state index contributed by atoms with van der Waals surface area (Å²) in [6, 6.07) is 16.0. The Kier molecular flexibility index (Phi) is 7.18. The number of benzene rings is 2. The molecule has 32 heavy (non-hydrogen) atoms. The molecule has 0 radical (unpaired) electrons. The van der Waals surface area contributed by atoms with Crippen LogP contribution in [0.25, 0.3) is 0 Å². The van der Waals surface area contributed by atoms with Crippen LogP contribution in [0, 0.1) is 5.41 Å². The lowest BCUT2D eigenvalue weighted by atomic mass is 9.93. The maximum absolute atomic E-state index is 12.8. The lowest BCUT2D eigenvalue weighted by molar-refractivity contribution is -0.140. The van der Waals surface area contributed by atoms with Gasteiger partial charge in [0.05, 0.1) is 0 Å². The number of nitrogens with zero attached hydrogens (tertiary/aromatic N) is 2. The number of likely N-dealkylation sites (tertiary alicyclic amines) is 1. The summed E-state index contributed by atoms with van der Waals surface area (Å²) < 4.78 is 0. The van der Waals surface area contributed by atoms with Gasteiger partial charge in [-0.15, -0.1) is 0 Å². The number of nitrogens with one attached hydrogen (secondary N) is 2. The molecule has 0 spiro atoms. The fourth-order valence-corrected chi connectivity index (χ4v) is 3.75. The SMILES string of the molecule is CN(C(=O)c1cccc(NC(=O)NC2CCN(C(=O)C(C)(C)C)CC2)c1)c1ccccc1. The molecule has 3 rings (SSSR count). The highest BCUT2D eigenvalue weighted by Gasteiger charge is 2.30. The average molecular weight is 437 g/mol. The van der Waals surface area contributed by atoms with Crippen LogP contribution >= 0.6 is 0 Å². The Morgan fingerprint density at radius 2 is 1.62 bits per heavy atom. The molecule has 0 bridgehead atoms. The second-order valence-electron chi connectivity index (χ2n) is 9.20. The first kappa shape index (κ1) is 23.3. The van der Waals surface area contributed by atoms with Gasteiger partial charge in [0.15, 0.2) is 0 Å². The van der Waals surface area contributed by atoms with Crippen molar-refractivity contribution in [2.45, 2.75) is 39.7 Å². The number of hydrogen-bond acceptors (Lipinski definition) is 3. The van der Waals surface area contributed by atoms with Gasteiger partial charge in [0.25, 0.3) is 5.91 Å². The van der Waals surface area contributed by atoms with Crippen molar-refractivity contribution >= 4 is 29.2 Å². The van der Waals surface area contributed by atoms with E-state index < -0.39 is 5.41 Å². The lowest BCUT2D eigenvalue weighted by Crippen LogP contribution is -2.49. The number of carbonyl (C=O) groups is 3. The average Bonchev–Trinajstić information content (AvgIpc) is 2.78. The maximum Gasteiger partial charge on any atom is 0.319 e. The molecule has 7 nitrogen and oxygen atoms in total. The Morgan fingerprint density at radius 3 is 2.25 bits per heavy atom. The number of hydrogen-bond donors (Lipinski definition) is 2. The van der Waals surface area contributed by atoms with E-state index in [0.29, 0.717) is 24.3 Å². The summed E-state index contributed by atoms with van der Waals surface area (Å²) in [6.07, 6.45) is 1.44. The third-order valence-corrected chi connectivity index (χ3v) is 5.57. The molecule has 7 heteroatoms. The number of amides is 4. The van der Waals surface area contributed by atoms with E-state index in [2.05, 4.69) is 10.6 Å². The number of urea groups is 1. The number of carbonyl (C=O) groups excluding carboxylic acids is 3. The molecule has 2 aromatic carbocycles. The van der Waals surface area contributed by atoms with E-state index in [-0.39, 0.29) is 23.9 Å². The molecule has 1 fully saturated rings. The minimum absolute atomic E-state index is 0.00745. The Balaban J connectivity index is 1.54. The van der Waals surface area contributed by atoms with E-state index in [1.807, 2.05) is 56.0 Å². The molecule has 1 aliphatic rings. The predicted octanol–water partition coefficient (Wildman–Crippen LogP) is 4.12. The summed E-state index contributed by atoms with van der Waals surface area (Å²) in [5.74, 6) is -0.0153. The van der Waals surface area contributed by atoms with E-state index in [1.54, 1.807) is 36.2 Å². The minimum Gasteiger partial charge on any atom is -0.342 e. The van der Waals surface area contributed by atoms with Gasteiger partial charge < -0.3 is 20.4 Å². The van der Waals surface area contributed by atoms with Crippen molar-refractivity contribution in [2.24, 2.45) is 5.41 Å². The topological polar surface area (TPSA) is 81.8 Å². The maximum atomic E-state index is 12.8. The van der Waals surface area contributed by atoms with Gasteiger partial charge in [-0.25, -0.2) is 4.79 Å². The van der Waals surface area contributed by atoms with Crippen molar-refractivity contribution in [1.29, 1.82) is 0 Å². The quantitative estimate of drug-likeness (QED) is 0.756. The molecule has 0 aromatic heterocycles. The normalized spacial score (nSPS) is 14.6. The number of para-hydroxylation sites is 1. The molecule has 4 amide bonds. The summed E-state index contributed by atoms with van der Waals surface area (Å²) in [6.45, 7) is 7.03. The Labute approximate surface area is 189 Å². The number of piperidine rings is 1. The van der Waals surface area contributed by atoms with Crippen LogP contribution in [0.1, 0.15) is 44.0 Å². The predicted molar refractivity (Wildman–Crippen MR) is 127 cm³/mol. The molecule has 0 unspecified atom stereocenters. The summed E-state index contributed by atoms with van der Waals surface area (Å²) in [5.41, 5.74) is 1.44. The summed E-state index contributed by atoms with van der Waals surface area (Å²) >= 11 is 0. The first-order chi connectivity index (χ1) is 15.1. The summed E-state index contributed by atoms with van der Waals surface area (Å²) in [4.78, 5) is 41.2. The van der Waals surface area contributed by atoms with Gasteiger partial charge in [0.1, 0.15) is 0 Å². The highest BCUT2D eigenvalue weighted by molar-refractivity contribution is 6.06. The first-order valence-corrected chi connectivity index (χ1v) is 11.0. The lowest BCUT2D eigenvalue weighted by Gasteiger charge is -2.35. The van der Waals surface area contributed by atoms with Gasteiger partial charge in [0, 0.05) is 48.5 Å². The molecular weight excluding hydrogens is 404 g/mol. The summed E-state index contributed by atoms with van der Waals surface area (Å²) in [5, 5.41) is 5.80. The minimum atomic E-state index is -0.394. The molecule has 2 N–H and O–H groups in total. The highest BCUT2D eigenvalue weighted by atomic mass is 16.2. The van der Waals surface area contributed by atoms with Gasteiger partial charge in [-0.2, -0.15) is 0 Å². The molecule has 1 aliphatic heterocycles. The van der Waals surface area contributed by atoms with Crippen molar-refractivity contribution < 1.29 is 14.4 Å². The first-order valence-electron chi connectivity index (χ1n) is 11.0. The van der Waals surface area contributed by atoms with Crippen molar-refractivity contribution in [1.82, 2.24) is 10.2 Å². The van der Waals surface area contributed by atoms with Gasteiger partial charge >= 0.3 is 6.03 Å². The fourth-order valence-electron chi connectivity index (χ4n) is 3.75. The largest absolute Gasteiger partial charge is 0.342 e. The number of anilines is 2. The number of rotatable bonds is 4. The van der Waals surface area contributed by atoms with Crippen LogP contribution in [0.5, 0.6) is 0 Å². The van der Waals surface area contributed by atoms with Crippen molar-refractivity contribution in [3.8, 4) is 0 Å². The van der Waals surface area contributed by atoms with Crippen LogP contribution in [-0.2, 0) is 4.79 Å². The second kappa shape index (κ2) is 9.85. The molecule has 170 valence electrons. The molecule has 0 aliphatic carbocycles. The standard InChI is InChI=1S/C25H32N4O3/c1-25(2,3)23(31)29-15-13-19(14-16-29)26-24(32)27-20-10-8-9-18(17-20)22(30)28(4)21-11-6-5-7-12-21/h5-12,17,19H,13-16H2,1-4H3,(H2,26,27,32). The third kappa shape index (κ3) is 5.87. The zero-order valence-corrected chi connectivity index (χ0v) is 19.2. The zero-order chi connectivity index (χ0) is 23.3. The Hall–Kier alpha value is -3.35. The van der Waals surface area contributed by atoms with Crippen LogP contribution in [-0.4, -0.2) is 48.9 Å². The van der Waals surface area contributed by atoms with Crippen LogP contribution in [0.4, 0.5) is 16.2 Å². The van der Waals surface area contributed by atoms with Gasteiger partial charge in [-0.3, -0.25) is 9.59 Å². The van der Waals surface area contributed by atoms with Crippen LogP contribution < -0.4 is 15.5 Å². The Morgan fingerprint density at radius 1 is 0.969 bits per heavy atom. The Bertz CT molecular complexity index is 961. The van der Waals surface area contributed by atoms with Crippen molar-refractivity contribution in [2.75, 3.05) is 30.4 Å². The van der Waals surface area contributed by atoms with Gasteiger partial charge in [-0.05, 0) is 43.2 Å². The van der Waals surface area contributed by atoms with Crippen LogP contribution in [0.2, 0.25) is 0 Å². The molecular formula is C25H32N4O3. The smallest absolute Gasteiger partial charge is 0.319 e. The van der Waals surface area contributed by atoms with Crippen molar-refractivity contribution in [3.63, 3.8) is 0 Å². The van der Waals surface area contributed by atoms with Gasteiger partial charge in [0.2, 0.25) is 5.91 Å². The fraction of sp³-hybridized carbons (Fsp3) is 0.400. The third-order valence-electron chi connectivity index (χ3n) is 5.57. The van der Waals surface area contributed by atoms with E-state index in [4.69, 9.17) is 0 Å². The van der Waals surface area contributed by atoms with E-state index in [1.165, 1.54) is 0 Å². The molecule has 0 atom stereocenters. The highest BCUT2D eigenvalue weighted by Crippen LogP contribution is 2.21. The van der Waals surface area contributed by atoms with Crippen LogP contribution in [0.3, 0.4) is 0 Å². The van der Waals surface area contributed by atoms with Crippen LogP contribution in [0.15, 0.2) is 54.6 Å².